The number of carbonyl (C=O) groups is 1. The van der Waals surface area contributed by atoms with Crippen molar-refractivity contribution in [2.24, 2.45) is 0 Å². The molecule has 1 unspecified atom stereocenters. The third kappa shape index (κ3) is 2.97. The summed E-state index contributed by atoms with van der Waals surface area (Å²) in [6.07, 6.45) is 5.60. The van der Waals surface area contributed by atoms with E-state index in [1.807, 2.05) is 4.90 Å². The van der Waals surface area contributed by atoms with Crippen LogP contribution in [0.1, 0.15) is 60.4 Å². The predicted octanol–water partition coefficient (Wildman–Crippen LogP) is 4.84. The topological polar surface area (TPSA) is 33.2 Å². The van der Waals surface area contributed by atoms with Crippen molar-refractivity contribution in [3.63, 3.8) is 0 Å². The molecule has 2 fully saturated rings. The summed E-state index contributed by atoms with van der Waals surface area (Å²) in [7, 11) is 0. The van der Waals surface area contributed by atoms with Gasteiger partial charge in [0.05, 0.1) is 9.88 Å². The Hall–Kier alpha value is -1.75. The third-order valence-electron chi connectivity index (χ3n) is 4.94. The molecule has 4 rings (SSSR count). The molecule has 1 saturated heterocycles. The maximum absolute atomic E-state index is 13.3. The van der Waals surface area contributed by atoms with Crippen LogP contribution in [0.5, 0.6) is 0 Å². The summed E-state index contributed by atoms with van der Waals surface area (Å²) in [6.45, 7) is 2.92. The minimum absolute atomic E-state index is 0.0321. The SMILES string of the molecule is CC1CCCCN1C(=O)c1nc(C2CC2)sc1-c1ccc(F)cc1. The van der Waals surface area contributed by atoms with Gasteiger partial charge in [-0.1, -0.05) is 12.1 Å². The lowest BCUT2D eigenvalue weighted by atomic mass is 10.0. The van der Waals surface area contributed by atoms with Crippen molar-refractivity contribution in [3.8, 4) is 10.4 Å². The number of piperidine rings is 1. The molecular formula is C19H21FN2OS. The fourth-order valence-electron chi connectivity index (χ4n) is 3.32. The molecule has 1 aliphatic heterocycles. The van der Waals surface area contributed by atoms with Crippen LogP contribution in [0.15, 0.2) is 24.3 Å². The lowest BCUT2D eigenvalue weighted by Gasteiger charge is -2.33. The number of aromatic nitrogens is 1. The quantitative estimate of drug-likeness (QED) is 0.798. The highest BCUT2D eigenvalue weighted by Gasteiger charge is 2.33. The molecule has 2 aliphatic rings. The molecule has 5 heteroatoms. The minimum Gasteiger partial charge on any atom is -0.335 e. The average molecular weight is 344 g/mol. The fourth-order valence-corrected chi connectivity index (χ4v) is 4.55. The monoisotopic (exact) mass is 344 g/mol. The largest absolute Gasteiger partial charge is 0.335 e. The van der Waals surface area contributed by atoms with Crippen LogP contribution < -0.4 is 0 Å². The van der Waals surface area contributed by atoms with Gasteiger partial charge in [-0.05, 0) is 56.7 Å². The standard InChI is InChI=1S/C19H21FN2OS/c1-12-4-2-3-11-22(12)19(23)16-17(13-7-9-15(20)10-8-13)24-18(21-16)14-5-6-14/h7-10,12,14H,2-6,11H2,1H3. The van der Waals surface area contributed by atoms with Gasteiger partial charge in [-0.3, -0.25) is 4.79 Å². The van der Waals surface area contributed by atoms with E-state index in [1.165, 1.54) is 18.6 Å². The van der Waals surface area contributed by atoms with E-state index in [2.05, 4.69) is 6.92 Å². The number of rotatable bonds is 3. The Labute approximate surface area is 145 Å². The van der Waals surface area contributed by atoms with E-state index >= 15 is 0 Å². The van der Waals surface area contributed by atoms with Crippen LogP contribution >= 0.6 is 11.3 Å². The molecule has 1 atom stereocenters. The summed E-state index contributed by atoms with van der Waals surface area (Å²) >= 11 is 1.60. The van der Waals surface area contributed by atoms with Crippen LogP contribution in [0.3, 0.4) is 0 Å². The molecule has 0 bridgehead atoms. The van der Waals surface area contributed by atoms with Crippen LogP contribution in [0.25, 0.3) is 10.4 Å². The number of benzene rings is 1. The third-order valence-corrected chi connectivity index (χ3v) is 6.21. The summed E-state index contributed by atoms with van der Waals surface area (Å²) in [4.78, 5) is 20.7. The van der Waals surface area contributed by atoms with Crippen molar-refractivity contribution < 1.29 is 9.18 Å². The molecule has 126 valence electrons. The zero-order valence-corrected chi connectivity index (χ0v) is 14.6. The van der Waals surface area contributed by atoms with Gasteiger partial charge in [-0.15, -0.1) is 11.3 Å². The Bertz CT molecular complexity index is 751. The summed E-state index contributed by atoms with van der Waals surface area (Å²) in [5.41, 5.74) is 1.44. The van der Waals surface area contributed by atoms with E-state index in [1.54, 1.807) is 23.5 Å². The highest BCUT2D eigenvalue weighted by atomic mass is 32.1. The van der Waals surface area contributed by atoms with Crippen molar-refractivity contribution in [2.45, 2.75) is 51.0 Å². The van der Waals surface area contributed by atoms with Crippen LogP contribution in [-0.4, -0.2) is 28.4 Å². The molecule has 1 aromatic heterocycles. The van der Waals surface area contributed by atoms with Crippen molar-refractivity contribution in [1.82, 2.24) is 9.88 Å². The Balaban J connectivity index is 1.73. The van der Waals surface area contributed by atoms with Gasteiger partial charge in [0.2, 0.25) is 0 Å². The van der Waals surface area contributed by atoms with E-state index in [0.717, 1.165) is 47.7 Å². The van der Waals surface area contributed by atoms with Gasteiger partial charge in [0, 0.05) is 18.5 Å². The summed E-state index contributed by atoms with van der Waals surface area (Å²) < 4.78 is 13.3. The van der Waals surface area contributed by atoms with Gasteiger partial charge in [-0.2, -0.15) is 0 Å². The number of carbonyl (C=O) groups excluding carboxylic acids is 1. The zero-order valence-electron chi connectivity index (χ0n) is 13.8. The smallest absolute Gasteiger partial charge is 0.274 e. The van der Waals surface area contributed by atoms with E-state index < -0.39 is 0 Å². The molecule has 1 amide bonds. The maximum Gasteiger partial charge on any atom is 0.274 e. The fraction of sp³-hybridized carbons (Fsp3) is 0.474. The van der Waals surface area contributed by atoms with Gasteiger partial charge in [-0.25, -0.2) is 9.37 Å². The van der Waals surface area contributed by atoms with Crippen LogP contribution in [0.4, 0.5) is 4.39 Å². The number of hydrogen-bond donors (Lipinski definition) is 0. The van der Waals surface area contributed by atoms with Gasteiger partial charge in [0.25, 0.3) is 5.91 Å². The van der Waals surface area contributed by atoms with Crippen LogP contribution in [0.2, 0.25) is 0 Å². The van der Waals surface area contributed by atoms with E-state index in [0.29, 0.717) is 11.6 Å². The second kappa shape index (κ2) is 6.28. The van der Waals surface area contributed by atoms with Gasteiger partial charge >= 0.3 is 0 Å². The van der Waals surface area contributed by atoms with E-state index in [9.17, 15) is 9.18 Å². The first kappa shape index (κ1) is 15.8. The molecule has 3 nitrogen and oxygen atoms in total. The normalized spacial score (nSPS) is 21.1. The Kier molecular flexibility index (Phi) is 4.12. The number of amides is 1. The second-order valence-corrected chi connectivity index (χ2v) is 7.88. The van der Waals surface area contributed by atoms with Crippen LogP contribution in [0, 0.1) is 5.82 Å². The molecule has 2 aromatic rings. The lowest BCUT2D eigenvalue weighted by molar-refractivity contribution is 0.0631. The number of nitrogens with zero attached hydrogens (tertiary/aromatic N) is 2. The number of hydrogen-bond acceptors (Lipinski definition) is 3. The number of halogens is 1. The van der Waals surface area contributed by atoms with Crippen molar-refractivity contribution >= 4 is 17.2 Å². The number of likely N-dealkylation sites (tertiary alicyclic amines) is 1. The van der Waals surface area contributed by atoms with E-state index in [-0.39, 0.29) is 17.8 Å². The minimum atomic E-state index is -0.261. The molecule has 0 N–H and O–H groups in total. The van der Waals surface area contributed by atoms with Crippen molar-refractivity contribution in [3.05, 3.63) is 40.8 Å². The lowest BCUT2D eigenvalue weighted by Crippen LogP contribution is -2.42. The molecule has 24 heavy (non-hydrogen) atoms. The molecule has 0 spiro atoms. The van der Waals surface area contributed by atoms with Crippen molar-refractivity contribution in [1.29, 1.82) is 0 Å². The molecule has 0 radical (unpaired) electrons. The number of thiazole rings is 1. The highest BCUT2D eigenvalue weighted by Crippen LogP contribution is 2.45. The summed E-state index contributed by atoms with van der Waals surface area (Å²) in [5, 5.41) is 1.06. The first-order valence-corrected chi connectivity index (χ1v) is 9.53. The Morgan fingerprint density at radius 2 is 1.96 bits per heavy atom. The first-order chi connectivity index (χ1) is 11.6. The van der Waals surface area contributed by atoms with Crippen molar-refractivity contribution in [2.75, 3.05) is 6.54 Å². The second-order valence-electron chi connectivity index (χ2n) is 6.85. The van der Waals surface area contributed by atoms with Gasteiger partial charge < -0.3 is 4.90 Å². The van der Waals surface area contributed by atoms with Crippen LogP contribution in [-0.2, 0) is 0 Å². The average Bonchev–Trinajstić information content (AvgIpc) is 3.35. The summed E-state index contributed by atoms with van der Waals surface area (Å²) in [6, 6.07) is 6.65. The van der Waals surface area contributed by atoms with E-state index in [4.69, 9.17) is 4.98 Å². The molecule has 1 saturated carbocycles. The zero-order chi connectivity index (χ0) is 16.7. The highest BCUT2D eigenvalue weighted by molar-refractivity contribution is 7.15. The molecule has 1 aliphatic carbocycles. The Morgan fingerprint density at radius 1 is 1.21 bits per heavy atom. The Morgan fingerprint density at radius 3 is 2.62 bits per heavy atom. The molecular weight excluding hydrogens is 323 g/mol. The molecule has 1 aromatic carbocycles. The molecule has 2 heterocycles. The summed E-state index contributed by atoms with van der Waals surface area (Å²) in [5.74, 6) is 0.280. The maximum atomic E-state index is 13.3. The van der Waals surface area contributed by atoms with Gasteiger partial charge in [0.15, 0.2) is 0 Å². The van der Waals surface area contributed by atoms with Gasteiger partial charge in [0.1, 0.15) is 11.5 Å². The first-order valence-electron chi connectivity index (χ1n) is 8.71. The predicted molar refractivity (Wildman–Crippen MR) is 93.8 cm³/mol.